The Balaban J connectivity index is 2.25. The van der Waals surface area contributed by atoms with Crippen LogP contribution in [0, 0.1) is 11.8 Å². The van der Waals surface area contributed by atoms with Gasteiger partial charge in [-0.05, 0) is 13.3 Å². The van der Waals surface area contributed by atoms with E-state index in [4.69, 9.17) is 17.3 Å². The van der Waals surface area contributed by atoms with Gasteiger partial charge in [0.2, 0.25) is 0 Å². The van der Waals surface area contributed by atoms with Crippen LogP contribution in [0.25, 0.3) is 0 Å². The predicted octanol–water partition coefficient (Wildman–Crippen LogP) is 1.01. The lowest BCUT2D eigenvalue weighted by Crippen LogP contribution is -2.46. The summed E-state index contributed by atoms with van der Waals surface area (Å²) < 4.78 is 0.305. The van der Waals surface area contributed by atoms with E-state index in [2.05, 4.69) is 4.98 Å². The summed E-state index contributed by atoms with van der Waals surface area (Å²) >= 11 is 7.02. The zero-order valence-corrected chi connectivity index (χ0v) is 12.8. The van der Waals surface area contributed by atoms with Crippen molar-refractivity contribution in [2.45, 2.75) is 13.3 Å². The van der Waals surface area contributed by atoms with Crippen molar-refractivity contribution >= 4 is 46.4 Å². The van der Waals surface area contributed by atoms with Crippen LogP contribution in [0.15, 0.2) is 0 Å². The van der Waals surface area contributed by atoms with Crippen LogP contribution in [0.1, 0.15) is 23.1 Å². The number of nitrogens with zero attached hydrogens (tertiary/aromatic N) is 2. The Bertz CT molecular complexity index is 603. The molecule has 0 spiro atoms. The van der Waals surface area contributed by atoms with Crippen molar-refractivity contribution < 1.29 is 19.5 Å². The molecule has 0 saturated carbocycles. The molecule has 2 unspecified atom stereocenters. The van der Waals surface area contributed by atoms with Crippen molar-refractivity contribution in [3.63, 3.8) is 0 Å². The molecule has 0 aliphatic carbocycles. The van der Waals surface area contributed by atoms with E-state index < -0.39 is 23.7 Å². The Labute approximate surface area is 129 Å². The summed E-state index contributed by atoms with van der Waals surface area (Å²) in [5, 5.41) is 9.27. The van der Waals surface area contributed by atoms with E-state index in [1.807, 2.05) is 0 Å². The molecule has 7 nitrogen and oxygen atoms in total. The summed E-state index contributed by atoms with van der Waals surface area (Å²) in [5.41, 5.74) is 5.16. The number of rotatable bonds is 4. The van der Waals surface area contributed by atoms with Gasteiger partial charge in [0, 0.05) is 19.0 Å². The van der Waals surface area contributed by atoms with Crippen LogP contribution in [-0.4, -0.2) is 40.8 Å². The first kappa shape index (κ1) is 15.7. The first-order valence-electron chi connectivity index (χ1n) is 6.25. The minimum Gasteiger partial charge on any atom is -0.481 e. The van der Waals surface area contributed by atoms with Crippen LogP contribution >= 0.6 is 22.9 Å². The molecule has 9 heteroatoms. The highest BCUT2D eigenvalue weighted by atomic mass is 35.5. The van der Waals surface area contributed by atoms with Crippen molar-refractivity contribution in [2.75, 3.05) is 18.0 Å². The number of nitrogens with two attached hydrogens (primary N) is 1. The Kier molecular flexibility index (Phi) is 4.48. The summed E-state index contributed by atoms with van der Waals surface area (Å²) in [6, 6.07) is 0. The van der Waals surface area contributed by atoms with Crippen molar-refractivity contribution in [2.24, 2.45) is 17.6 Å². The smallest absolute Gasteiger partial charge is 0.307 e. The van der Waals surface area contributed by atoms with Crippen molar-refractivity contribution in [1.29, 1.82) is 0 Å². The number of halogens is 1. The topological polar surface area (TPSA) is 114 Å². The van der Waals surface area contributed by atoms with Crippen molar-refractivity contribution in [3.05, 3.63) is 9.34 Å². The average Bonchev–Trinajstić information content (AvgIpc) is 2.80. The highest BCUT2D eigenvalue weighted by Gasteiger charge is 2.38. The molecule has 1 amide bonds. The van der Waals surface area contributed by atoms with E-state index in [-0.39, 0.29) is 17.3 Å². The van der Waals surface area contributed by atoms with Crippen LogP contribution in [0.5, 0.6) is 0 Å². The Morgan fingerprint density at radius 1 is 1.43 bits per heavy atom. The fraction of sp³-hybridized carbons (Fsp3) is 0.500. The van der Waals surface area contributed by atoms with Gasteiger partial charge in [0.15, 0.2) is 10.8 Å². The maximum Gasteiger partial charge on any atom is 0.307 e. The van der Waals surface area contributed by atoms with Crippen LogP contribution in [-0.2, 0) is 9.59 Å². The highest BCUT2D eigenvalue weighted by Crippen LogP contribution is 2.35. The maximum absolute atomic E-state index is 11.7. The average molecular weight is 332 g/mol. The highest BCUT2D eigenvalue weighted by molar-refractivity contribution is 7.18. The number of aliphatic carboxylic acids is 1. The van der Waals surface area contributed by atoms with Crippen molar-refractivity contribution in [1.82, 2.24) is 4.98 Å². The third kappa shape index (κ3) is 3.16. The number of Topliss-reactive ketones (excluding diaryl/α,β-unsaturated/α-hetero) is 1. The van der Waals surface area contributed by atoms with Crippen LogP contribution in [0.2, 0.25) is 4.34 Å². The standard InChI is InChI=1S/C12H14ClN3O4S/c1-5(17)7-4-16(3-2-6(7)12(19)20)10-8(13)21-11(15-10)9(14)18/h6-7H,2-4H2,1H3,(H2,14,18)(H,19,20). The summed E-state index contributed by atoms with van der Waals surface area (Å²) in [7, 11) is 0. The summed E-state index contributed by atoms with van der Waals surface area (Å²) in [6.45, 7) is 2.00. The second-order valence-electron chi connectivity index (χ2n) is 4.88. The monoisotopic (exact) mass is 331 g/mol. The molecule has 1 saturated heterocycles. The summed E-state index contributed by atoms with van der Waals surface area (Å²) in [6.07, 6.45) is 0.319. The minimum atomic E-state index is -0.975. The van der Waals surface area contributed by atoms with Gasteiger partial charge >= 0.3 is 5.97 Å². The molecule has 0 aromatic carbocycles. The zero-order chi connectivity index (χ0) is 15.7. The van der Waals surface area contributed by atoms with Gasteiger partial charge in [-0.1, -0.05) is 22.9 Å². The van der Waals surface area contributed by atoms with E-state index in [0.717, 1.165) is 11.3 Å². The Morgan fingerprint density at radius 2 is 2.10 bits per heavy atom. The molecule has 2 atom stereocenters. The molecule has 21 heavy (non-hydrogen) atoms. The van der Waals surface area contributed by atoms with Gasteiger partial charge in [0.05, 0.1) is 5.92 Å². The van der Waals surface area contributed by atoms with Crippen LogP contribution in [0.3, 0.4) is 0 Å². The summed E-state index contributed by atoms with van der Waals surface area (Å²) in [4.78, 5) is 39.8. The molecule has 2 heterocycles. The van der Waals surface area contributed by atoms with E-state index in [1.165, 1.54) is 6.92 Å². The number of anilines is 1. The fourth-order valence-electron chi connectivity index (χ4n) is 2.45. The van der Waals surface area contributed by atoms with E-state index in [1.54, 1.807) is 4.90 Å². The normalized spacial score (nSPS) is 22.1. The maximum atomic E-state index is 11.7. The molecule has 2 rings (SSSR count). The number of hydrogen-bond acceptors (Lipinski definition) is 6. The van der Waals surface area contributed by atoms with Gasteiger partial charge in [-0.25, -0.2) is 4.98 Å². The molecule has 0 bridgehead atoms. The first-order chi connectivity index (χ1) is 9.81. The molecule has 114 valence electrons. The lowest BCUT2D eigenvalue weighted by Gasteiger charge is -2.35. The Morgan fingerprint density at radius 3 is 2.57 bits per heavy atom. The van der Waals surface area contributed by atoms with Gasteiger partial charge in [-0.2, -0.15) is 0 Å². The quantitative estimate of drug-likeness (QED) is 0.851. The van der Waals surface area contributed by atoms with E-state index >= 15 is 0 Å². The number of carboxylic acids is 1. The zero-order valence-electron chi connectivity index (χ0n) is 11.2. The molecule has 1 aliphatic heterocycles. The molecular formula is C12H14ClN3O4S. The second-order valence-corrected chi connectivity index (χ2v) is 6.48. The third-order valence-corrected chi connectivity index (χ3v) is 4.78. The SMILES string of the molecule is CC(=O)C1CN(c2nc(C(N)=O)sc2Cl)CCC1C(=O)O. The van der Waals surface area contributed by atoms with Gasteiger partial charge in [0.25, 0.3) is 5.91 Å². The van der Waals surface area contributed by atoms with Gasteiger partial charge in [0.1, 0.15) is 10.1 Å². The molecule has 1 fully saturated rings. The van der Waals surface area contributed by atoms with Gasteiger partial charge < -0.3 is 15.7 Å². The lowest BCUT2D eigenvalue weighted by molar-refractivity contribution is -0.147. The van der Waals surface area contributed by atoms with Crippen LogP contribution in [0.4, 0.5) is 5.82 Å². The Hall–Kier alpha value is -1.67. The lowest BCUT2D eigenvalue weighted by atomic mass is 9.83. The van der Waals surface area contributed by atoms with E-state index in [0.29, 0.717) is 23.1 Å². The number of amides is 1. The summed E-state index contributed by atoms with van der Waals surface area (Å²) in [5.74, 6) is -2.77. The molecule has 1 aliphatic rings. The number of piperidine rings is 1. The van der Waals surface area contributed by atoms with Gasteiger partial charge in [-0.3, -0.25) is 14.4 Å². The first-order valence-corrected chi connectivity index (χ1v) is 7.45. The fourth-order valence-corrected chi connectivity index (χ4v) is 3.50. The number of carbonyl (C=O) groups is 3. The molecule has 1 aromatic heterocycles. The predicted molar refractivity (Wildman–Crippen MR) is 77.8 cm³/mol. The number of primary amides is 1. The molecule has 1 aromatic rings. The molecule has 3 N–H and O–H groups in total. The van der Waals surface area contributed by atoms with Gasteiger partial charge in [-0.15, -0.1) is 0 Å². The number of hydrogen-bond donors (Lipinski definition) is 2. The number of thiazole rings is 1. The number of ketones is 1. The van der Waals surface area contributed by atoms with E-state index in [9.17, 15) is 19.5 Å². The number of aromatic nitrogens is 1. The second kappa shape index (κ2) is 5.98. The minimum absolute atomic E-state index is 0.0923. The third-order valence-electron chi connectivity index (χ3n) is 3.53. The molecule has 0 radical (unpaired) electrons. The number of carbonyl (C=O) groups excluding carboxylic acids is 2. The largest absolute Gasteiger partial charge is 0.481 e. The number of carboxylic acid groups (broad SMARTS) is 1. The van der Waals surface area contributed by atoms with Crippen LogP contribution < -0.4 is 10.6 Å². The molecular weight excluding hydrogens is 318 g/mol. The van der Waals surface area contributed by atoms with Crippen molar-refractivity contribution in [3.8, 4) is 0 Å².